The van der Waals surface area contributed by atoms with Crippen LogP contribution in [0.15, 0.2) is 18.2 Å². The molecule has 4 heteroatoms. The smallest absolute Gasteiger partial charge is 0.107 e. The van der Waals surface area contributed by atoms with Crippen LogP contribution >= 0.6 is 35.4 Å². The Kier molecular flexibility index (Phi) is 3.32. The Balaban J connectivity index is 3.09. The lowest BCUT2D eigenvalue weighted by Gasteiger charge is -2.04. The molecular weight excluding hydrogens is 213 g/mol. The molecule has 1 rings (SSSR count). The van der Waals surface area contributed by atoms with Crippen molar-refractivity contribution in [3.63, 3.8) is 0 Å². The molecule has 0 saturated carbocycles. The van der Waals surface area contributed by atoms with Crippen LogP contribution in [0.2, 0.25) is 10.0 Å². The minimum absolute atomic E-state index is 0.571. The Morgan fingerprint density at radius 2 is 2.08 bits per heavy atom. The molecule has 0 bridgehead atoms. The Bertz CT molecular complexity index is 312. The monoisotopic (exact) mass is 219 g/mol. The van der Waals surface area contributed by atoms with Crippen molar-refractivity contribution in [2.75, 3.05) is 7.05 Å². The second kappa shape index (κ2) is 4.08. The van der Waals surface area contributed by atoms with Crippen molar-refractivity contribution in [2.45, 2.75) is 0 Å². The molecule has 64 valence electrons. The van der Waals surface area contributed by atoms with E-state index in [2.05, 4.69) is 5.32 Å². The summed E-state index contributed by atoms with van der Waals surface area (Å²) in [5, 5.41) is 4.03. The first-order valence-electron chi connectivity index (χ1n) is 3.32. The first-order valence-corrected chi connectivity index (χ1v) is 4.48. The minimum Gasteiger partial charge on any atom is -0.379 e. The molecular formula is C8H7Cl2NS. The number of thiocarbonyl (C=S) groups is 1. The van der Waals surface area contributed by atoms with Crippen LogP contribution in [0.3, 0.4) is 0 Å². The fourth-order valence-electron chi connectivity index (χ4n) is 0.808. The number of benzene rings is 1. The summed E-state index contributed by atoms with van der Waals surface area (Å²) in [6, 6.07) is 5.22. The summed E-state index contributed by atoms with van der Waals surface area (Å²) in [5.41, 5.74) is 0.804. The van der Waals surface area contributed by atoms with E-state index in [-0.39, 0.29) is 0 Å². The molecule has 1 N–H and O–H groups in total. The van der Waals surface area contributed by atoms with Gasteiger partial charge in [0.05, 0.1) is 5.02 Å². The number of hydrogen-bond acceptors (Lipinski definition) is 1. The molecule has 0 amide bonds. The van der Waals surface area contributed by atoms with Crippen molar-refractivity contribution in [3.05, 3.63) is 33.8 Å². The summed E-state index contributed by atoms with van der Waals surface area (Å²) < 4.78 is 0. The predicted molar refractivity (Wildman–Crippen MR) is 57.2 cm³/mol. The van der Waals surface area contributed by atoms with E-state index in [1.54, 1.807) is 25.2 Å². The van der Waals surface area contributed by atoms with E-state index >= 15 is 0 Å². The van der Waals surface area contributed by atoms with Gasteiger partial charge in [0.1, 0.15) is 4.99 Å². The maximum absolute atomic E-state index is 5.89. The Hall–Kier alpha value is -0.310. The summed E-state index contributed by atoms with van der Waals surface area (Å²) >= 11 is 16.6. The predicted octanol–water partition coefficient (Wildman–Crippen LogP) is 2.89. The maximum Gasteiger partial charge on any atom is 0.107 e. The molecule has 1 aromatic rings. The molecule has 0 aliphatic heterocycles. The largest absolute Gasteiger partial charge is 0.379 e. The minimum atomic E-state index is 0.571. The molecule has 1 aromatic carbocycles. The van der Waals surface area contributed by atoms with Crippen LogP contribution in [0, 0.1) is 0 Å². The lowest BCUT2D eigenvalue weighted by Crippen LogP contribution is -2.16. The molecule has 0 spiro atoms. The first-order chi connectivity index (χ1) is 5.65. The summed E-state index contributed by atoms with van der Waals surface area (Å²) in [7, 11) is 1.76. The van der Waals surface area contributed by atoms with Crippen LogP contribution in [-0.2, 0) is 0 Å². The van der Waals surface area contributed by atoms with E-state index in [1.807, 2.05) is 0 Å². The number of hydrogen-bond donors (Lipinski definition) is 1. The standard InChI is InChI=1S/C8H7Cl2NS/c1-11-8(12)6-3-2-5(9)4-7(6)10/h2-4H,1H3,(H,11,12). The van der Waals surface area contributed by atoms with Crippen molar-refractivity contribution in [2.24, 2.45) is 0 Å². The fraction of sp³-hybridized carbons (Fsp3) is 0.125. The molecule has 0 aliphatic rings. The lowest BCUT2D eigenvalue weighted by atomic mass is 10.2. The number of halogens is 2. The van der Waals surface area contributed by atoms with Crippen LogP contribution in [0.25, 0.3) is 0 Å². The fourth-order valence-corrected chi connectivity index (χ4v) is 1.55. The highest BCUT2D eigenvalue weighted by molar-refractivity contribution is 7.80. The number of nitrogens with one attached hydrogen (secondary N) is 1. The summed E-state index contributed by atoms with van der Waals surface area (Å²) in [4.78, 5) is 0.622. The van der Waals surface area contributed by atoms with Gasteiger partial charge in [0.15, 0.2) is 0 Å². The van der Waals surface area contributed by atoms with E-state index in [1.165, 1.54) is 0 Å². The highest BCUT2D eigenvalue weighted by atomic mass is 35.5. The molecule has 12 heavy (non-hydrogen) atoms. The quantitative estimate of drug-likeness (QED) is 0.730. The van der Waals surface area contributed by atoms with Crippen LogP contribution in [0.1, 0.15) is 5.56 Å². The third-order valence-corrected chi connectivity index (χ3v) is 2.37. The molecule has 0 aromatic heterocycles. The third-order valence-electron chi connectivity index (χ3n) is 1.40. The first kappa shape index (κ1) is 9.78. The molecule has 0 fully saturated rings. The van der Waals surface area contributed by atoms with Gasteiger partial charge in [-0.3, -0.25) is 0 Å². The van der Waals surface area contributed by atoms with Crippen molar-refractivity contribution in [1.82, 2.24) is 5.32 Å². The van der Waals surface area contributed by atoms with Crippen molar-refractivity contribution < 1.29 is 0 Å². The van der Waals surface area contributed by atoms with Gasteiger partial charge in [-0.05, 0) is 18.2 Å². The van der Waals surface area contributed by atoms with Crippen LogP contribution in [-0.4, -0.2) is 12.0 Å². The van der Waals surface area contributed by atoms with Crippen molar-refractivity contribution >= 4 is 40.4 Å². The van der Waals surface area contributed by atoms with Gasteiger partial charge in [0.25, 0.3) is 0 Å². The Morgan fingerprint density at radius 1 is 1.42 bits per heavy atom. The zero-order chi connectivity index (χ0) is 9.14. The van der Waals surface area contributed by atoms with Crippen molar-refractivity contribution in [1.29, 1.82) is 0 Å². The van der Waals surface area contributed by atoms with Gasteiger partial charge in [0, 0.05) is 17.6 Å². The zero-order valence-corrected chi connectivity index (χ0v) is 8.72. The summed E-state index contributed by atoms with van der Waals surface area (Å²) in [6.45, 7) is 0. The molecule has 0 aliphatic carbocycles. The second-order valence-corrected chi connectivity index (χ2v) is 3.46. The second-order valence-electron chi connectivity index (χ2n) is 2.20. The van der Waals surface area contributed by atoms with Gasteiger partial charge in [-0.2, -0.15) is 0 Å². The summed E-state index contributed by atoms with van der Waals surface area (Å²) in [6.07, 6.45) is 0. The number of rotatable bonds is 1. The molecule has 0 saturated heterocycles. The van der Waals surface area contributed by atoms with Gasteiger partial charge >= 0.3 is 0 Å². The SMILES string of the molecule is CNC(=S)c1ccc(Cl)cc1Cl. The zero-order valence-electron chi connectivity index (χ0n) is 6.40. The van der Waals surface area contributed by atoms with E-state index in [4.69, 9.17) is 35.4 Å². The van der Waals surface area contributed by atoms with Gasteiger partial charge < -0.3 is 5.32 Å². The highest BCUT2D eigenvalue weighted by Crippen LogP contribution is 2.20. The van der Waals surface area contributed by atoms with Crippen LogP contribution in [0.4, 0.5) is 0 Å². The summed E-state index contributed by atoms with van der Waals surface area (Å²) in [5.74, 6) is 0. The molecule has 0 atom stereocenters. The van der Waals surface area contributed by atoms with Gasteiger partial charge in [0.2, 0.25) is 0 Å². The molecule has 0 heterocycles. The van der Waals surface area contributed by atoms with Gasteiger partial charge in [-0.15, -0.1) is 0 Å². The van der Waals surface area contributed by atoms with Crippen LogP contribution in [0.5, 0.6) is 0 Å². The average molecular weight is 220 g/mol. The Morgan fingerprint density at radius 3 is 2.58 bits per heavy atom. The van der Waals surface area contributed by atoms with Gasteiger partial charge in [-0.25, -0.2) is 0 Å². The van der Waals surface area contributed by atoms with Crippen molar-refractivity contribution in [3.8, 4) is 0 Å². The highest BCUT2D eigenvalue weighted by Gasteiger charge is 2.04. The van der Waals surface area contributed by atoms with E-state index in [0.29, 0.717) is 15.0 Å². The topological polar surface area (TPSA) is 12.0 Å². The molecule has 1 nitrogen and oxygen atoms in total. The third kappa shape index (κ3) is 2.09. The molecule has 0 radical (unpaired) electrons. The van der Waals surface area contributed by atoms with E-state index in [0.717, 1.165) is 5.56 Å². The van der Waals surface area contributed by atoms with E-state index in [9.17, 15) is 0 Å². The average Bonchev–Trinajstić information content (AvgIpc) is 2.03. The van der Waals surface area contributed by atoms with E-state index < -0.39 is 0 Å². The maximum atomic E-state index is 5.89. The lowest BCUT2D eigenvalue weighted by molar-refractivity contribution is 1.20. The molecule has 0 unspecified atom stereocenters. The Labute approximate surface area is 86.7 Å². The normalized spacial score (nSPS) is 9.58. The van der Waals surface area contributed by atoms with Crippen LogP contribution < -0.4 is 5.32 Å². The van der Waals surface area contributed by atoms with Gasteiger partial charge in [-0.1, -0.05) is 35.4 Å².